The number of rotatable bonds is 2. The van der Waals surface area contributed by atoms with Crippen LogP contribution in [-0.2, 0) is 19.5 Å². The maximum atomic E-state index is 13.0. The molecule has 1 aromatic heterocycles. The van der Waals surface area contributed by atoms with Crippen LogP contribution in [0.4, 0.5) is 0 Å². The largest absolute Gasteiger partial charge is 0.493 e. The number of aryl methyl sites for hydroxylation is 2. The molecule has 0 aliphatic carbocycles. The van der Waals surface area contributed by atoms with Gasteiger partial charge in [-0.1, -0.05) is 25.2 Å². The zero-order chi connectivity index (χ0) is 18.6. The van der Waals surface area contributed by atoms with E-state index in [1.165, 1.54) is 23.2 Å². The van der Waals surface area contributed by atoms with Crippen LogP contribution >= 0.6 is 0 Å². The van der Waals surface area contributed by atoms with Gasteiger partial charge in [0.1, 0.15) is 0 Å². The second-order valence-electron chi connectivity index (χ2n) is 8.06. The van der Waals surface area contributed by atoms with Crippen molar-refractivity contribution >= 4 is 29.7 Å². The van der Waals surface area contributed by atoms with Crippen molar-refractivity contribution in [3.05, 3.63) is 45.7 Å². The summed E-state index contributed by atoms with van der Waals surface area (Å²) in [5.41, 5.74) is 3.70. The standard InChI is InChI=1S/C21H25NO3Si/c1-22-17-11-19(25-3)18(24-2)10-16(17)20-14-8-9-26(4,5)12-13(14)6-7-15(20)21(22)23/h6-7,10-11H,8-9,12H2,1-5H3. The van der Waals surface area contributed by atoms with Crippen LogP contribution in [0.3, 0.4) is 0 Å². The highest BCUT2D eigenvalue weighted by Gasteiger charge is 2.29. The lowest BCUT2D eigenvalue weighted by molar-refractivity contribution is 0.355. The molecule has 0 amide bonds. The van der Waals surface area contributed by atoms with Crippen LogP contribution in [0.15, 0.2) is 29.1 Å². The fourth-order valence-electron chi connectivity index (χ4n) is 4.33. The van der Waals surface area contributed by atoms with Gasteiger partial charge in [0.05, 0.1) is 27.8 Å². The normalized spacial score (nSPS) is 15.9. The number of hydrogen-bond acceptors (Lipinski definition) is 3. The first kappa shape index (κ1) is 17.2. The van der Waals surface area contributed by atoms with Gasteiger partial charge in [-0.3, -0.25) is 4.79 Å². The van der Waals surface area contributed by atoms with Crippen molar-refractivity contribution in [3.63, 3.8) is 0 Å². The van der Waals surface area contributed by atoms with Crippen LogP contribution in [0.25, 0.3) is 21.7 Å². The predicted molar refractivity (Wildman–Crippen MR) is 109 cm³/mol. The molecule has 26 heavy (non-hydrogen) atoms. The smallest absolute Gasteiger partial charge is 0.258 e. The number of methoxy groups -OCH3 is 2. The van der Waals surface area contributed by atoms with Gasteiger partial charge in [-0.05, 0) is 35.7 Å². The van der Waals surface area contributed by atoms with E-state index < -0.39 is 8.07 Å². The first-order chi connectivity index (χ1) is 12.4. The van der Waals surface area contributed by atoms with Gasteiger partial charge in [0, 0.05) is 29.3 Å². The molecule has 0 spiro atoms. The molecule has 0 saturated heterocycles. The Morgan fingerprint density at radius 1 is 1.04 bits per heavy atom. The highest BCUT2D eigenvalue weighted by atomic mass is 28.3. The van der Waals surface area contributed by atoms with E-state index in [-0.39, 0.29) is 5.56 Å². The molecule has 4 nitrogen and oxygen atoms in total. The number of fused-ring (bicyclic) bond motifs is 5. The number of aromatic nitrogens is 1. The van der Waals surface area contributed by atoms with Crippen LogP contribution in [-0.4, -0.2) is 26.9 Å². The van der Waals surface area contributed by atoms with Crippen LogP contribution in [0.2, 0.25) is 19.1 Å². The molecule has 4 rings (SSSR count). The number of pyridine rings is 1. The molecule has 0 bridgehead atoms. The molecule has 5 heteroatoms. The first-order valence-corrected chi connectivity index (χ1v) is 12.5. The molecular weight excluding hydrogens is 342 g/mol. The third-order valence-electron chi connectivity index (χ3n) is 5.80. The SMILES string of the molecule is COc1cc2c3c4c(ccc3c(=O)n(C)c2cc1OC)C[Si](C)(C)CC4. The van der Waals surface area contributed by atoms with Gasteiger partial charge in [0.25, 0.3) is 5.56 Å². The lowest BCUT2D eigenvalue weighted by Crippen LogP contribution is -2.34. The molecule has 1 aliphatic rings. The molecule has 136 valence electrons. The highest BCUT2D eigenvalue weighted by Crippen LogP contribution is 2.39. The van der Waals surface area contributed by atoms with Crippen molar-refractivity contribution in [2.75, 3.05) is 14.2 Å². The quantitative estimate of drug-likeness (QED) is 0.507. The van der Waals surface area contributed by atoms with Crippen LogP contribution in [0.5, 0.6) is 11.5 Å². The van der Waals surface area contributed by atoms with Gasteiger partial charge >= 0.3 is 0 Å². The van der Waals surface area contributed by atoms with Crippen molar-refractivity contribution in [1.29, 1.82) is 0 Å². The molecule has 0 fully saturated rings. The minimum absolute atomic E-state index is 0.0459. The Bertz CT molecular complexity index is 1100. The van der Waals surface area contributed by atoms with E-state index in [2.05, 4.69) is 19.2 Å². The summed E-state index contributed by atoms with van der Waals surface area (Å²) >= 11 is 0. The third kappa shape index (κ3) is 2.45. The summed E-state index contributed by atoms with van der Waals surface area (Å²) in [4.78, 5) is 13.0. The number of benzene rings is 2. The van der Waals surface area contributed by atoms with Gasteiger partial charge in [-0.15, -0.1) is 0 Å². The van der Waals surface area contributed by atoms with Crippen molar-refractivity contribution in [2.24, 2.45) is 7.05 Å². The molecule has 0 saturated carbocycles. The van der Waals surface area contributed by atoms with Gasteiger partial charge in [-0.25, -0.2) is 0 Å². The predicted octanol–water partition coefficient (Wildman–Crippen LogP) is 4.06. The molecule has 2 aromatic carbocycles. The summed E-state index contributed by atoms with van der Waals surface area (Å²) in [5.74, 6) is 1.34. The van der Waals surface area contributed by atoms with Crippen molar-refractivity contribution in [1.82, 2.24) is 4.57 Å². The molecule has 3 aromatic rings. The van der Waals surface area contributed by atoms with Crippen molar-refractivity contribution < 1.29 is 9.47 Å². The van der Waals surface area contributed by atoms with Gasteiger partial charge in [-0.2, -0.15) is 0 Å². The number of hydrogen-bond donors (Lipinski definition) is 0. The Labute approximate surface area is 154 Å². The molecule has 2 heterocycles. The van der Waals surface area contributed by atoms with Crippen molar-refractivity contribution in [2.45, 2.75) is 31.6 Å². The Hall–Kier alpha value is -2.27. The molecule has 1 aliphatic heterocycles. The number of ether oxygens (including phenoxy) is 2. The molecule has 0 atom stereocenters. The Morgan fingerprint density at radius 2 is 1.73 bits per heavy atom. The minimum Gasteiger partial charge on any atom is -0.493 e. The van der Waals surface area contributed by atoms with Crippen molar-refractivity contribution in [3.8, 4) is 11.5 Å². The Balaban J connectivity index is 2.18. The van der Waals surface area contributed by atoms with E-state index in [1.807, 2.05) is 25.2 Å². The Kier molecular flexibility index (Phi) is 3.88. The second kappa shape index (κ2) is 5.88. The maximum absolute atomic E-state index is 13.0. The third-order valence-corrected chi connectivity index (χ3v) is 8.74. The van der Waals surface area contributed by atoms with E-state index in [0.717, 1.165) is 28.1 Å². The number of nitrogens with zero attached hydrogens (tertiary/aromatic N) is 1. The van der Waals surface area contributed by atoms with Gasteiger partial charge in [0.2, 0.25) is 0 Å². The molecular formula is C21H25NO3Si. The fraction of sp³-hybridized carbons (Fsp3) is 0.381. The van der Waals surface area contributed by atoms with E-state index in [1.54, 1.807) is 18.8 Å². The molecule has 0 unspecified atom stereocenters. The summed E-state index contributed by atoms with van der Waals surface area (Å²) in [6.45, 7) is 4.91. The molecule has 0 N–H and O–H groups in total. The minimum atomic E-state index is -1.18. The lowest BCUT2D eigenvalue weighted by atomic mass is 9.94. The average molecular weight is 368 g/mol. The fourth-order valence-corrected chi connectivity index (χ4v) is 6.80. The summed E-state index contributed by atoms with van der Waals surface area (Å²) < 4.78 is 12.7. The molecule has 0 radical (unpaired) electrons. The maximum Gasteiger partial charge on any atom is 0.258 e. The monoisotopic (exact) mass is 367 g/mol. The summed E-state index contributed by atoms with van der Waals surface area (Å²) in [6, 6.07) is 10.6. The van der Waals surface area contributed by atoms with E-state index >= 15 is 0 Å². The van der Waals surface area contributed by atoms with Crippen LogP contribution in [0, 0.1) is 0 Å². The Morgan fingerprint density at radius 3 is 2.42 bits per heavy atom. The lowest BCUT2D eigenvalue weighted by Gasteiger charge is -2.30. The summed E-state index contributed by atoms with van der Waals surface area (Å²) in [7, 11) is 3.92. The summed E-state index contributed by atoms with van der Waals surface area (Å²) in [5, 5.41) is 2.97. The topological polar surface area (TPSA) is 40.5 Å². The van der Waals surface area contributed by atoms with E-state index in [4.69, 9.17) is 9.47 Å². The zero-order valence-corrected chi connectivity index (χ0v) is 17.1. The van der Waals surface area contributed by atoms with Crippen LogP contribution in [0.1, 0.15) is 11.1 Å². The average Bonchev–Trinajstić information content (AvgIpc) is 2.63. The van der Waals surface area contributed by atoms with E-state index in [0.29, 0.717) is 11.5 Å². The van der Waals surface area contributed by atoms with E-state index in [9.17, 15) is 4.79 Å². The zero-order valence-electron chi connectivity index (χ0n) is 16.1. The van der Waals surface area contributed by atoms with Crippen LogP contribution < -0.4 is 15.0 Å². The summed E-state index contributed by atoms with van der Waals surface area (Å²) in [6.07, 6.45) is 1.06. The van der Waals surface area contributed by atoms with Gasteiger partial charge in [0.15, 0.2) is 11.5 Å². The second-order valence-corrected chi connectivity index (χ2v) is 13.2. The highest BCUT2D eigenvalue weighted by molar-refractivity contribution is 6.77. The first-order valence-electron chi connectivity index (χ1n) is 9.05. The van der Waals surface area contributed by atoms with Gasteiger partial charge < -0.3 is 14.0 Å².